The van der Waals surface area contributed by atoms with Gasteiger partial charge in [0, 0.05) is 31.8 Å². The van der Waals surface area contributed by atoms with Gasteiger partial charge in [0.2, 0.25) is 0 Å². The first-order chi connectivity index (χ1) is 8.98. The average molecular weight is 281 g/mol. The van der Waals surface area contributed by atoms with Gasteiger partial charge in [-0.15, -0.1) is 0 Å². The molecule has 0 aliphatic heterocycles. The largest absolute Gasteiger partial charge is 0.385 e. The molecule has 3 nitrogen and oxygen atoms in total. The van der Waals surface area contributed by atoms with E-state index in [1.54, 1.807) is 19.2 Å². The smallest absolute Gasteiger partial charge is 0.0992 e. The number of rotatable bonds is 7. The summed E-state index contributed by atoms with van der Waals surface area (Å²) in [6.45, 7) is 6.79. The molecule has 0 bridgehead atoms. The molecular weight excluding hydrogens is 260 g/mol. The van der Waals surface area contributed by atoms with Gasteiger partial charge in [-0.3, -0.25) is 0 Å². The molecule has 0 aliphatic rings. The number of hydrogen-bond donors (Lipinski definition) is 1. The van der Waals surface area contributed by atoms with Crippen molar-refractivity contribution in [3.8, 4) is 6.07 Å². The summed E-state index contributed by atoms with van der Waals surface area (Å²) in [5.41, 5.74) is 1.80. The van der Waals surface area contributed by atoms with E-state index in [1.165, 1.54) is 0 Å². The third kappa shape index (κ3) is 5.61. The first-order valence-electron chi connectivity index (χ1n) is 6.37. The minimum Gasteiger partial charge on any atom is -0.385 e. The Bertz CT molecular complexity index is 452. The molecule has 104 valence electrons. The predicted molar refractivity (Wildman–Crippen MR) is 78.1 cm³/mol. The Balaban J connectivity index is 2.47. The summed E-state index contributed by atoms with van der Waals surface area (Å²) >= 11 is 6.13. The van der Waals surface area contributed by atoms with E-state index in [2.05, 4.69) is 25.2 Å². The lowest BCUT2D eigenvalue weighted by Crippen LogP contribution is -2.30. The number of halogens is 1. The van der Waals surface area contributed by atoms with Gasteiger partial charge in [-0.1, -0.05) is 31.5 Å². The standard InChI is InChI=1S/C15H21ClN2O/c1-15(2,6-7-19-3)11-18-10-13-5-4-12(9-17)8-14(13)16/h4-5,8,18H,6-7,10-11H2,1-3H3. The van der Waals surface area contributed by atoms with Gasteiger partial charge < -0.3 is 10.1 Å². The topological polar surface area (TPSA) is 45.0 Å². The molecule has 1 aromatic rings. The molecule has 0 heterocycles. The molecule has 0 aliphatic carbocycles. The van der Waals surface area contributed by atoms with Crippen LogP contribution in [-0.4, -0.2) is 20.3 Å². The van der Waals surface area contributed by atoms with Crippen molar-refractivity contribution in [3.05, 3.63) is 34.3 Å². The number of nitrogens with zero attached hydrogens (tertiary/aromatic N) is 1. The Morgan fingerprint density at radius 1 is 1.42 bits per heavy atom. The van der Waals surface area contributed by atoms with Crippen LogP contribution in [-0.2, 0) is 11.3 Å². The van der Waals surface area contributed by atoms with E-state index in [0.717, 1.165) is 25.1 Å². The molecule has 0 amide bonds. The second-order valence-corrected chi connectivity index (χ2v) is 5.84. The summed E-state index contributed by atoms with van der Waals surface area (Å²) in [6, 6.07) is 7.47. The van der Waals surface area contributed by atoms with Crippen LogP contribution in [0.5, 0.6) is 0 Å². The summed E-state index contributed by atoms with van der Waals surface area (Å²) in [5.74, 6) is 0. The van der Waals surface area contributed by atoms with Crippen LogP contribution >= 0.6 is 11.6 Å². The highest BCUT2D eigenvalue weighted by molar-refractivity contribution is 6.31. The number of methoxy groups -OCH3 is 1. The summed E-state index contributed by atoms with van der Waals surface area (Å²) in [6.07, 6.45) is 1.01. The molecule has 1 rings (SSSR count). The number of nitriles is 1. The Hall–Kier alpha value is -1.08. The zero-order valence-corrected chi connectivity index (χ0v) is 12.5. The lowest BCUT2D eigenvalue weighted by Gasteiger charge is -2.24. The van der Waals surface area contributed by atoms with Crippen LogP contribution < -0.4 is 5.32 Å². The first-order valence-corrected chi connectivity index (χ1v) is 6.74. The van der Waals surface area contributed by atoms with E-state index in [-0.39, 0.29) is 5.41 Å². The molecule has 0 fully saturated rings. The normalized spacial score (nSPS) is 11.3. The summed E-state index contributed by atoms with van der Waals surface area (Å²) in [5, 5.41) is 12.8. The zero-order chi connectivity index (χ0) is 14.3. The van der Waals surface area contributed by atoms with E-state index >= 15 is 0 Å². The number of hydrogen-bond acceptors (Lipinski definition) is 3. The third-order valence-corrected chi connectivity index (χ3v) is 3.44. The molecule has 4 heteroatoms. The van der Waals surface area contributed by atoms with Crippen molar-refractivity contribution in [2.75, 3.05) is 20.3 Å². The van der Waals surface area contributed by atoms with Gasteiger partial charge in [-0.2, -0.15) is 5.26 Å². The molecule has 0 aromatic heterocycles. The van der Waals surface area contributed by atoms with Gasteiger partial charge in [0.25, 0.3) is 0 Å². The van der Waals surface area contributed by atoms with Crippen LogP contribution in [0.2, 0.25) is 5.02 Å². The monoisotopic (exact) mass is 280 g/mol. The van der Waals surface area contributed by atoms with Crippen LogP contribution in [0.3, 0.4) is 0 Å². The van der Waals surface area contributed by atoms with Gasteiger partial charge in [0.05, 0.1) is 11.6 Å². The molecule has 1 aromatic carbocycles. The Morgan fingerprint density at radius 2 is 2.16 bits per heavy atom. The first kappa shape index (κ1) is 16.0. The predicted octanol–water partition coefficient (Wildman–Crippen LogP) is 3.36. The Labute approximate surface area is 120 Å². The van der Waals surface area contributed by atoms with E-state index in [9.17, 15) is 0 Å². The highest BCUT2D eigenvalue weighted by atomic mass is 35.5. The Kier molecular flexibility index (Phi) is 6.30. The number of ether oxygens (including phenoxy) is 1. The fourth-order valence-corrected chi connectivity index (χ4v) is 2.01. The van der Waals surface area contributed by atoms with E-state index in [4.69, 9.17) is 21.6 Å². The van der Waals surface area contributed by atoms with Crippen LogP contribution in [0.15, 0.2) is 18.2 Å². The van der Waals surface area contributed by atoms with E-state index in [0.29, 0.717) is 17.1 Å². The van der Waals surface area contributed by atoms with Crippen molar-refractivity contribution in [2.45, 2.75) is 26.8 Å². The molecule has 0 saturated carbocycles. The van der Waals surface area contributed by atoms with Gasteiger partial charge in [0.15, 0.2) is 0 Å². The quantitative estimate of drug-likeness (QED) is 0.833. The second kappa shape index (κ2) is 7.49. The van der Waals surface area contributed by atoms with Crippen molar-refractivity contribution < 1.29 is 4.74 Å². The van der Waals surface area contributed by atoms with Crippen LogP contribution in [0.25, 0.3) is 0 Å². The molecule has 0 radical (unpaired) electrons. The molecular formula is C15H21ClN2O. The number of nitrogens with one attached hydrogen (secondary N) is 1. The average Bonchev–Trinajstić information content (AvgIpc) is 2.38. The zero-order valence-electron chi connectivity index (χ0n) is 11.8. The molecule has 0 spiro atoms. The fourth-order valence-electron chi connectivity index (χ4n) is 1.76. The number of benzene rings is 1. The van der Waals surface area contributed by atoms with Crippen molar-refractivity contribution in [1.29, 1.82) is 5.26 Å². The van der Waals surface area contributed by atoms with Crippen LogP contribution in [0.1, 0.15) is 31.4 Å². The van der Waals surface area contributed by atoms with Gasteiger partial charge in [0.1, 0.15) is 0 Å². The van der Waals surface area contributed by atoms with Crippen molar-refractivity contribution in [1.82, 2.24) is 5.32 Å². The van der Waals surface area contributed by atoms with Gasteiger partial charge in [-0.05, 0) is 29.5 Å². The third-order valence-electron chi connectivity index (χ3n) is 3.08. The summed E-state index contributed by atoms with van der Waals surface area (Å²) in [7, 11) is 1.72. The maximum atomic E-state index is 8.78. The molecule has 0 atom stereocenters. The Morgan fingerprint density at radius 3 is 2.74 bits per heavy atom. The van der Waals surface area contributed by atoms with Gasteiger partial charge >= 0.3 is 0 Å². The highest BCUT2D eigenvalue weighted by Gasteiger charge is 2.16. The van der Waals surface area contributed by atoms with Crippen LogP contribution in [0.4, 0.5) is 0 Å². The van der Waals surface area contributed by atoms with Crippen molar-refractivity contribution in [3.63, 3.8) is 0 Å². The maximum absolute atomic E-state index is 8.78. The molecule has 19 heavy (non-hydrogen) atoms. The minimum absolute atomic E-state index is 0.190. The molecule has 1 N–H and O–H groups in total. The molecule has 0 saturated heterocycles. The second-order valence-electron chi connectivity index (χ2n) is 5.43. The van der Waals surface area contributed by atoms with Crippen molar-refractivity contribution in [2.24, 2.45) is 5.41 Å². The maximum Gasteiger partial charge on any atom is 0.0992 e. The summed E-state index contributed by atoms with van der Waals surface area (Å²) in [4.78, 5) is 0. The fraction of sp³-hybridized carbons (Fsp3) is 0.533. The van der Waals surface area contributed by atoms with E-state index in [1.807, 2.05) is 6.07 Å². The lowest BCUT2D eigenvalue weighted by molar-refractivity contribution is 0.150. The highest BCUT2D eigenvalue weighted by Crippen LogP contribution is 2.20. The van der Waals surface area contributed by atoms with E-state index < -0.39 is 0 Å². The molecule has 0 unspecified atom stereocenters. The van der Waals surface area contributed by atoms with Crippen molar-refractivity contribution >= 4 is 11.6 Å². The van der Waals surface area contributed by atoms with Crippen LogP contribution in [0, 0.1) is 16.7 Å². The summed E-state index contributed by atoms with van der Waals surface area (Å²) < 4.78 is 5.11. The lowest BCUT2D eigenvalue weighted by atomic mass is 9.89. The van der Waals surface area contributed by atoms with Gasteiger partial charge in [-0.25, -0.2) is 0 Å². The SMILES string of the molecule is COCCC(C)(C)CNCc1ccc(C#N)cc1Cl. The minimum atomic E-state index is 0.190.